The van der Waals surface area contributed by atoms with Crippen LogP contribution in [-0.2, 0) is 6.54 Å². The SMILES string of the molecule is Cc1ccc(-c2nc(C)n(CC(C)C)c2N)cn1. The predicted molar refractivity (Wildman–Crippen MR) is 74.2 cm³/mol. The predicted octanol–water partition coefficient (Wildman–Crippen LogP) is 2.80. The van der Waals surface area contributed by atoms with Gasteiger partial charge in [0.25, 0.3) is 0 Å². The highest BCUT2D eigenvalue weighted by molar-refractivity contribution is 5.70. The molecule has 0 saturated carbocycles. The van der Waals surface area contributed by atoms with E-state index in [1.165, 1.54) is 0 Å². The Hall–Kier alpha value is -1.84. The zero-order valence-corrected chi connectivity index (χ0v) is 11.4. The smallest absolute Gasteiger partial charge is 0.131 e. The second-order valence-corrected chi connectivity index (χ2v) is 5.09. The Morgan fingerprint density at radius 2 is 2.00 bits per heavy atom. The minimum absolute atomic E-state index is 0.546. The average Bonchev–Trinajstić information content (AvgIpc) is 2.58. The van der Waals surface area contributed by atoms with E-state index in [0.717, 1.165) is 35.1 Å². The van der Waals surface area contributed by atoms with Crippen LogP contribution in [0.5, 0.6) is 0 Å². The normalized spacial score (nSPS) is 11.2. The Morgan fingerprint density at radius 1 is 1.28 bits per heavy atom. The number of pyridine rings is 1. The summed E-state index contributed by atoms with van der Waals surface area (Å²) in [5.74, 6) is 2.23. The molecule has 96 valence electrons. The number of hydrogen-bond donors (Lipinski definition) is 1. The second kappa shape index (κ2) is 4.80. The summed E-state index contributed by atoms with van der Waals surface area (Å²) < 4.78 is 2.07. The van der Waals surface area contributed by atoms with E-state index in [1.807, 2.05) is 32.2 Å². The molecular formula is C14H20N4. The number of hydrogen-bond acceptors (Lipinski definition) is 3. The molecule has 2 rings (SSSR count). The minimum Gasteiger partial charge on any atom is -0.383 e. The van der Waals surface area contributed by atoms with Crippen molar-refractivity contribution in [2.24, 2.45) is 5.92 Å². The summed E-state index contributed by atoms with van der Waals surface area (Å²) in [6, 6.07) is 3.99. The average molecular weight is 244 g/mol. The summed E-state index contributed by atoms with van der Waals surface area (Å²) in [6.07, 6.45) is 1.83. The van der Waals surface area contributed by atoms with Crippen LogP contribution in [-0.4, -0.2) is 14.5 Å². The van der Waals surface area contributed by atoms with E-state index in [1.54, 1.807) is 0 Å². The van der Waals surface area contributed by atoms with Crippen molar-refractivity contribution in [3.05, 3.63) is 29.8 Å². The van der Waals surface area contributed by atoms with Crippen LogP contribution in [0.25, 0.3) is 11.3 Å². The lowest BCUT2D eigenvalue weighted by atomic mass is 10.2. The molecule has 0 saturated heterocycles. The van der Waals surface area contributed by atoms with Crippen LogP contribution in [0, 0.1) is 19.8 Å². The molecule has 2 aromatic rings. The number of rotatable bonds is 3. The maximum absolute atomic E-state index is 6.20. The van der Waals surface area contributed by atoms with Gasteiger partial charge in [0.2, 0.25) is 0 Å². The zero-order valence-electron chi connectivity index (χ0n) is 11.4. The third-order valence-corrected chi connectivity index (χ3v) is 2.93. The monoisotopic (exact) mass is 244 g/mol. The van der Waals surface area contributed by atoms with Gasteiger partial charge in [0.05, 0.1) is 0 Å². The van der Waals surface area contributed by atoms with Crippen LogP contribution < -0.4 is 5.73 Å². The molecule has 0 radical (unpaired) electrons. The summed E-state index contributed by atoms with van der Waals surface area (Å²) >= 11 is 0. The maximum Gasteiger partial charge on any atom is 0.131 e. The molecule has 0 fully saturated rings. The molecule has 0 aliphatic rings. The lowest BCUT2D eigenvalue weighted by Crippen LogP contribution is -2.09. The Labute approximate surface area is 108 Å². The molecule has 2 aromatic heterocycles. The van der Waals surface area contributed by atoms with Gasteiger partial charge in [0.15, 0.2) is 0 Å². The van der Waals surface area contributed by atoms with Crippen LogP contribution in [0.1, 0.15) is 25.4 Å². The summed E-state index contributed by atoms with van der Waals surface area (Å²) in [5, 5.41) is 0. The van der Waals surface area contributed by atoms with Gasteiger partial charge in [0, 0.05) is 24.0 Å². The number of anilines is 1. The van der Waals surface area contributed by atoms with E-state index in [-0.39, 0.29) is 0 Å². The highest BCUT2D eigenvalue weighted by Gasteiger charge is 2.14. The summed E-state index contributed by atoms with van der Waals surface area (Å²) in [4.78, 5) is 8.85. The highest BCUT2D eigenvalue weighted by atomic mass is 15.1. The third-order valence-electron chi connectivity index (χ3n) is 2.93. The Bertz CT molecular complexity index is 538. The quantitative estimate of drug-likeness (QED) is 0.903. The van der Waals surface area contributed by atoms with Crippen molar-refractivity contribution < 1.29 is 0 Å². The van der Waals surface area contributed by atoms with Gasteiger partial charge in [-0.25, -0.2) is 4.98 Å². The van der Waals surface area contributed by atoms with Gasteiger partial charge in [-0.1, -0.05) is 13.8 Å². The fourth-order valence-electron chi connectivity index (χ4n) is 2.00. The van der Waals surface area contributed by atoms with E-state index in [0.29, 0.717) is 5.92 Å². The number of aryl methyl sites for hydroxylation is 2. The summed E-state index contributed by atoms with van der Waals surface area (Å²) in [6.45, 7) is 9.20. The first kappa shape index (κ1) is 12.6. The molecule has 2 N–H and O–H groups in total. The number of imidazole rings is 1. The zero-order chi connectivity index (χ0) is 13.3. The van der Waals surface area contributed by atoms with Crippen molar-refractivity contribution >= 4 is 5.82 Å². The standard InChI is InChI=1S/C14H20N4/c1-9(2)8-18-11(4)17-13(14(18)15)12-6-5-10(3)16-7-12/h5-7,9H,8,15H2,1-4H3. The van der Waals surface area contributed by atoms with Crippen LogP contribution in [0.4, 0.5) is 5.82 Å². The molecule has 0 amide bonds. The molecule has 0 bridgehead atoms. The lowest BCUT2D eigenvalue weighted by molar-refractivity contribution is 0.518. The number of nitrogens with two attached hydrogens (primary N) is 1. The van der Waals surface area contributed by atoms with Crippen molar-refractivity contribution in [2.75, 3.05) is 5.73 Å². The second-order valence-electron chi connectivity index (χ2n) is 5.09. The van der Waals surface area contributed by atoms with Crippen molar-refractivity contribution in [1.29, 1.82) is 0 Å². The molecule has 4 nitrogen and oxygen atoms in total. The highest BCUT2D eigenvalue weighted by Crippen LogP contribution is 2.26. The van der Waals surface area contributed by atoms with Gasteiger partial charge in [-0.2, -0.15) is 0 Å². The minimum atomic E-state index is 0.546. The van der Waals surface area contributed by atoms with Crippen molar-refractivity contribution in [1.82, 2.24) is 14.5 Å². The van der Waals surface area contributed by atoms with E-state index in [2.05, 4.69) is 28.4 Å². The molecule has 4 heteroatoms. The molecule has 0 aromatic carbocycles. The molecule has 0 unspecified atom stereocenters. The third kappa shape index (κ3) is 2.37. The van der Waals surface area contributed by atoms with Gasteiger partial charge >= 0.3 is 0 Å². The molecule has 0 atom stereocenters. The lowest BCUT2D eigenvalue weighted by Gasteiger charge is -2.10. The van der Waals surface area contributed by atoms with Gasteiger partial charge < -0.3 is 10.3 Å². The van der Waals surface area contributed by atoms with Crippen molar-refractivity contribution in [3.8, 4) is 11.3 Å². The van der Waals surface area contributed by atoms with Crippen molar-refractivity contribution in [2.45, 2.75) is 34.2 Å². The molecular weight excluding hydrogens is 224 g/mol. The van der Waals surface area contributed by atoms with Crippen LogP contribution in [0.2, 0.25) is 0 Å². The van der Waals surface area contributed by atoms with E-state index in [9.17, 15) is 0 Å². The molecule has 0 spiro atoms. The Kier molecular flexibility index (Phi) is 3.36. The number of nitrogens with zero attached hydrogens (tertiary/aromatic N) is 3. The topological polar surface area (TPSA) is 56.7 Å². The van der Waals surface area contributed by atoms with Crippen LogP contribution in [0.3, 0.4) is 0 Å². The first-order chi connectivity index (χ1) is 8.49. The van der Waals surface area contributed by atoms with Crippen molar-refractivity contribution in [3.63, 3.8) is 0 Å². The Morgan fingerprint density at radius 3 is 2.56 bits per heavy atom. The summed E-state index contributed by atoms with van der Waals surface area (Å²) in [7, 11) is 0. The Balaban J connectivity index is 2.43. The largest absolute Gasteiger partial charge is 0.383 e. The number of aromatic nitrogens is 3. The molecule has 18 heavy (non-hydrogen) atoms. The van der Waals surface area contributed by atoms with Gasteiger partial charge in [0.1, 0.15) is 17.3 Å². The van der Waals surface area contributed by atoms with Crippen LogP contribution in [0.15, 0.2) is 18.3 Å². The van der Waals surface area contributed by atoms with Gasteiger partial charge in [-0.3, -0.25) is 4.98 Å². The molecule has 2 heterocycles. The van der Waals surface area contributed by atoms with E-state index < -0.39 is 0 Å². The fourth-order valence-corrected chi connectivity index (χ4v) is 2.00. The van der Waals surface area contributed by atoms with E-state index >= 15 is 0 Å². The maximum atomic E-state index is 6.20. The molecule has 0 aliphatic heterocycles. The first-order valence-electron chi connectivity index (χ1n) is 6.24. The first-order valence-corrected chi connectivity index (χ1v) is 6.24. The van der Waals surface area contributed by atoms with E-state index in [4.69, 9.17) is 5.73 Å². The fraction of sp³-hybridized carbons (Fsp3) is 0.429. The van der Waals surface area contributed by atoms with Gasteiger partial charge in [-0.15, -0.1) is 0 Å². The molecule has 0 aliphatic carbocycles. The summed E-state index contributed by atoms with van der Waals surface area (Å²) in [5.41, 5.74) is 9.00. The van der Waals surface area contributed by atoms with Gasteiger partial charge in [-0.05, 0) is 31.9 Å². The number of nitrogen functional groups attached to an aromatic ring is 1. The van der Waals surface area contributed by atoms with Crippen LogP contribution >= 0.6 is 0 Å².